The number of carbonyl (C=O) groups is 1. The Balaban J connectivity index is 1.38. The van der Waals surface area contributed by atoms with E-state index in [9.17, 15) is 4.79 Å². The summed E-state index contributed by atoms with van der Waals surface area (Å²) in [7, 11) is 1.62. The summed E-state index contributed by atoms with van der Waals surface area (Å²) in [5.41, 5.74) is 2.82. The highest BCUT2D eigenvalue weighted by atomic mass is 16.5. The molecule has 1 saturated heterocycles. The Morgan fingerprint density at radius 3 is 3.04 bits per heavy atom. The molecule has 6 nitrogen and oxygen atoms in total. The lowest BCUT2D eigenvalue weighted by molar-refractivity contribution is -0.117. The van der Waals surface area contributed by atoms with Gasteiger partial charge >= 0.3 is 0 Å². The number of nitrogens with one attached hydrogen (secondary N) is 2. The van der Waals surface area contributed by atoms with Crippen LogP contribution in [0.4, 0.5) is 5.69 Å². The first-order valence-corrected chi connectivity index (χ1v) is 9.32. The molecule has 2 aromatic carbocycles. The quantitative estimate of drug-likeness (QED) is 0.728. The maximum atomic E-state index is 12.4. The number of nitrogens with zero attached hydrogens (tertiary/aromatic N) is 2. The van der Waals surface area contributed by atoms with Crippen LogP contribution in [-0.4, -0.2) is 47.5 Å². The second-order valence-electron chi connectivity index (χ2n) is 6.99. The Bertz CT molecular complexity index is 904. The average molecular weight is 364 g/mol. The van der Waals surface area contributed by atoms with Crippen LogP contribution < -0.4 is 10.1 Å². The molecule has 1 fully saturated rings. The Morgan fingerprint density at radius 1 is 1.30 bits per heavy atom. The summed E-state index contributed by atoms with van der Waals surface area (Å²) in [6.07, 6.45) is 2.15. The third-order valence-corrected chi connectivity index (χ3v) is 5.02. The highest BCUT2D eigenvalue weighted by Crippen LogP contribution is 2.26. The van der Waals surface area contributed by atoms with Crippen LogP contribution in [0.25, 0.3) is 11.0 Å². The second-order valence-corrected chi connectivity index (χ2v) is 6.99. The highest BCUT2D eigenvalue weighted by molar-refractivity contribution is 5.92. The van der Waals surface area contributed by atoms with Crippen molar-refractivity contribution < 1.29 is 9.53 Å². The van der Waals surface area contributed by atoms with Crippen LogP contribution in [0, 0.1) is 0 Å². The van der Waals surface area contributed by atoms with E-state index in [1.165, 1.54) is 0 Å². The SMILES string of the molecule is COc1cccc(NC(=O)CN2CCCC(c3nc4ccccc4[nH]3)C2)c1. The van der Waals surface area contributed by atoms with Crippen molar-refractivity contribution >= 4 is 22.6 Å². The molecule has 140 valence electrons. The number of aromatic amines is 1. The number of para-hydroxylation sites is 2. The minimum absolute atomic E-state index is 0.00601. The Morgan fingerprint density at radius 2 is 2.19 bits per heavy atom. The topological polar surface area (TPSA) is 70.2 Å². The lowest BCUT2D eigenvalue weighted by Crippen LogP contribution is -2.40. The molecule has 0 spiro atoms. The van der Waals surface area contributed by atoms with Crippen molar-refractivity contribution in [3.8, 4) is 5.75 Å². The number of imidazole rings is 1. The number of ether oxygens (including phenoxy) is 1. The molecule has 1 aliphatic rings. The average Bonchev–Trinajstić information content (AvgIpc) is 3.12. The minimum Gasteiger partial charge on any atom is -0.497 e. The molecule has 0 saturated carbocycles. The third-order valence-electron chi connectivity index (χ3n) is 5.02. The summed E-state index contributed by atoms with van der Waals surface area (Å²) in [6.45, 7) is 2.15. The lowest BCUT2D eigenvalue weighted by Gasteiger charge is -2.31. The molecule has 2 heterocycles. The zero-order chi connectivity index (χ0) is 18.6. The fourth-order valence-electron chi connectivity index (χ4n) is 3.69. The number of aromatic nitrogens is 2. The molecule has 3 aromatic rings. The fraction of sp³-hybridized carbons (Fsp3) is 0.333. The number of fused-ring (bicyclic) bond motifs is 1. The van der Waals surface area contributed by atoms with Gasteiger partial charge in [0.1, 0.15) is 11.6 Å². The highest BCUT2D eigenvalue weighted by Gasteiger charge is 2.25. The number of amides is 1. The van der Waals surface area contributed by atoms with Crippen molar-refractivity contribution in [1.82, 2.24) is 14.9 Å². The van der Waals surface area contributed by atoms with Crippen LogP contribution in [0.15, 0.2) is 48.5 Å². The van der Waals surface area contributed by atoms with Gasteiger partial charge in [-0.05, 0) is 43.7 Å². The molecule has 1 unspecified atom stereocenters. The molecule has 0 radical (unpaired) electrons. The van der Waals surface area contributed by atoms with E-state index in [-0.39, 0.29) is 5.91 Å². The van der Waals surface area contributed by atoms with Gasteiger partial charge in [-0.15, -0.1) is 0 Å². The van der Waals surface area contributed by atoms with Crippen LogP contribution in [0.3, 0.4) is 0 Å². The summed E-state index contributed by atoms with van der Waals surface area (Å²) in [6, 6.07) is 15.5. The van der Waals surface area contributed by atoms with Crippen molar-refractivity contribution in [1.29, 1.82) is 0 Å². The molecule has 1 aliphatic heterocycles. The van der Waals surface area contributed by atoms with E-state index in [0.717, 1.165) is 54.2 Å². The number of piperidine rings is 1. The van der Waals surface area contributed by atoms with Gasteiger partial charge in [0, 0.05) is 24.2 Å². The fourth-order valence-corrected chi connectivity index (χ4v) is 3.69. The molecule has 6 heteroatoms. The predicted molar refractivity (Wildman–Crippen MR) is 106 cm³/mol. The van der Waals surface area contributed by atoms with Crippen molar-refractivity contribution in [3.05, 3.63) is 54.4 Å². The Kier molecular flexibility index (Phi) is 5.07. The van der Waals surface area contributed by atoms with Gasteiger partial charge in [-0.25, -0.2) is 4.98 Å². The number of methoxy groups -OCH3 is 1. The molecule has 1 aromatic heterocycles. The van der Waals surface area contributed by atoms with Gasteiger partial charge in [0.05, 0.1) is 24.7 Å². The predicted octanol–water partition coefficient (Wildman–Crippen LogP) is 3.39. The van der Waals surface area contributed by atoms with Gasteiger partial charge in [0.15, 0.2) is 0 Å². The molecular weight excluding hydrogens is 340 g/mol. The largest absolute Gasteiger partial charge is 0.497 e. The number of H-pyrrole nitrogens is 1. The van der Waals surface area contributed by atoms with Gasteiger partial charge in [0.25, 0.3) is 0 Å². The van der Waals surface area contributed by atoms with Gasteiger partial charge in [-0.1, -0.05) is 18.2 Å². The zero-order valence-corrected chi connectivity index (χ0v) is 15.4. The van der Waals surface area contributed by atoms with E-state index >= 15 is 0 Å². The van der Waals surface area contributed by atoms with Crippen molar-refractivity contribution in [2.24, 2.45) is 0 Å². The van der Waals surface area contributed by atoms with Gasteiger partial charge in [-0.3, -0.25) is 9.69 Å². The molecule has 1 amide bonds. The van der Waals surface area contributed by atoms with Crippen molar-refractivity contribution in [2.75, 3.05) is 32.1 Å². The van der Waals surface area contributed by atoms with Crippen molar-refractivity contribution in [3.63, 3.8) is 0 Å². The third kappa shape index (κ3) is 4.11. The van der Waals surface area contributed by atoms with Gasteiger partial charge in [-0.2, -0.15) is 0 Å². The summed E-state index contributed by atoms with van der Waals surface area (Å²) >= 11 is 0. The standard InChI is InChI=1S/C21H24N4O2/c1-27-17-8-4-7-16(12-17)22-20(26)14-25-11-5-6-15(13-25)21-23-18-9-2-3-10-19(18)24-21/h2-4,7-10,12,15H,5-6,11,13-14H2,1H3,(H,22,26)(H,23,24). The lowest BCUT2D eigenvalue weighted by atomic mass is 9.97. The number of carbonyl (C=O) groups excluding carboxylic acids is 1. The molecule has 1 atom stereocenters. The van der Waals surface area contributed by atoms with E-state index in [1.807, 2.05) is 48.5 Å². The number of anilines is 1. The molecule has 27 heavy (non-hydrogen) atoms. The van der Waals surface area contributed by atoms with Gasteiger partial charge in [0.2, 0.25) is 5.91 Å². The number of hydrogen-bond donors (Lipinski definition) is 2. The Labute approximate surface area is 158 Å². The van der Waals surface area contributed by atoms with Crippen LogP contribution in [0.5, 0.6) is 5.75 Å². The first kappa shape index (κ1) is 17.5. The van der Waals surface area contributed by atoms with E-state index in [0.29, 0.717) is 12.5 Å². The zero-order valence-electron chi connectivity index (χ0n) is 15.4. The summed E-state index contributed by atoms with van der Waals surface area (Å²) in [4.78, 5) is 22.8. The van der Waals surface area contributed by atoms with Gasteiger partial charge < -0.3 is 15.0 Å². The maximum absolute atomic E-state index is 12.4. The molecule has 0 bridgehead atoms. The molecule has 4 rings (SSSR count). The number of likely N-dealkylation sites (tertiary alicyclic amines) is 1. The summed E-state index contributed by atoms with van der Waals surface area (Å²) in [5, 5.41) is 2.96. The van der Waals surface area contributed by atoms with Crippen LogP contribution >= 0.6 is 0 Å². The Hall–Kier alpha value is -2.86. The number of hydrogen-bond acceptors (Lipinski definition) is 4. The number of benzene rings is 2. The molecular formula is C21H24N4O2. The summed E-state index contributed by atoms with van der Waals surface area (Å²) < 4.78 is 5.20. The normalized spacial score (nSPS) is 17.7. The number of rotatable bonds is 5. The van der Waals surface area contributed by atoms with Crippen molar-refractivity contribution in [2.45, 2.75) is 18.8 Å². The second kappa shape index (κ2) is 7.80. The van der Waals surface area contributed by atoms with E-state index in [1.54, 1.807) is 7.11 Å². The minimum atomic E-state index is -0.00601. The molecule has 0 aliphatic carbocycles. The van der Waals surface area contributed by atoms with Crippen LogP contribution in [0.2, 0.25) is 0 Å². The van der Waals surface area contributed by atoms with Crippen LogP contribution in [-0.2, 0) is 4.79 Å². The maximum Gasteiger partial charge on any atom is 0.238 e. The summed E-state index contributed by atoms with van der Waals surface area (Å²) in [5.74, 6) is 2.08. The first-order chi connectivity index (χ1) is 13.2. The first-order valence-electron chi connectivity index (χ1n) is 9.32. The monoisotopic (exact) mass is 364 g/mol. The van der Waals surface area contributed by atoms with E-state index in [2.05, 4.69) is 15.2 Å². The smallest absolute Gasteiger partial charge is 0.238 e. The van der Waals surface area contributed by atoms with E-state index < -0.39 is 0 Å². The van der Waals surface area contributed by atoms with Crippen LogP contribution in [0.1, 0.15) is 24.6 Å². The molecule has 2 N–H and O–H groups in total. The van der Waals surface area contributed by atoms with E-state index in [4.69, 9.17) is 9.72 Å².